The van der Waals surface area contributed by atoms with Crippen molar-refractivity contribution in [2.24, 2.45) is 0 Å². The summed E-state index contributed by atoms with van der Waals surface area (Å²) in [6, 6.07) is 11.1. The topological polar surface area (TPSA) is 121 Å². The van der Waals surface area contributed by atoms with Gasteiger partial charge in [0.15, 0.2) is 5.76 Å². The molecule has 0 spiro atoms. The lowest BCUT2D eigenvalue weighted by Gasteiger charge is -2.22. The van der Waals surface area contributed by atoms with Gasteiger partial charge in [0.25, 0.3) is 11.8 Å². The highest BCUT2D eigenvalue weighted by Gasteiger charge is 2.49. The van der Waals surface area contributed by atoms with Gasteiger partial charge in [0.05, 0.1) is 6.26 Å². The van der Waals surface area contributed by atoms with Crippen molar-refractivity contribution >= 4 is 23.8 Å². The minimum Gasteiger partial charge on any atom is -0.459 e. The molecule has 1 aromatic carbocycles. The first-order chi connectivity index (χ1) is 12.9. The third-order valence-electron chi connectivity index (χ3n) is 4.16. The average Bonchev–Trinajstić information content (AvgIpc) is 3.27. The molecule has 2 heterocycles. The summed E-state index contributed by atoms with van der Waals surface area (Å²) in [5.74, 6) is -1.51. The first kappa shape index (κ1) is 18.2. The van der Waals surface area contributed by atoms with Gasteiger partial charge in [-0.2, -0.15) is 5.01 Å². The maximum absolute atomic E-state index is 12.7. The Labute approximate surface area is 154 Å². The summed E-state index contributed by atoms with van der Waals surface area (Å²) in [4.78, 5) is 48.6. The molecule has 140 valence electrons. The summed E-state index contributed by atoms with van der Waals surface area (Å²) in [7, 11) is 0. The van der Waals surface area contributed by atoms with E-state index in [2.05, 4.69) is 16.1 Å². The van der Waals surface area contributed by atoms with Crippen molar-refractivity contribution in [1.29, 1.82) is 0 Å². The molecule has 1 fully saturated rings. The average molecular weight is 370 g/mol. The predicted octanol–water partition coefficient (Wildman–Crippen LogP) is 0.898. The lowest BCUT2D eigenvalue weighted by atomic mass is 9.92. The van der Waals surface area contributed by atoms with Gasteiger partial charge in [0.1, 0.15) is 5.54 Å². The molecule has 3 rings (SSSR count). The van der Waals surface area contributed by atoms with E-state index >= 15 is 0 Å². The molecule has 9 nitrogen and oxygen atoms in total. The van der Waals surface area contributed by atoms with Crippen molar-refractivity contribution in [1.82, 2.24) is 21.1 Å². The molecule has 1 atom stereocenters. The molecule has 27 heavy (non-hydrogen) atoms. The molecular weight excluding hydrogens is 352 g/mol. The van der Waals surface area contributed by atoms with Crippen LogP contribution in [0.4, 0.5) is 4.79 Å². The predicted molar refractivity (Wildman–Crippen MR) is 93.0 cm³/mol. The second-order valence-electron chi connectivity index (χ2n) is 6.08. The maximum atomic E-state index is 12.7. The van der Waals surface area contributed by atoms with Crippen molar-refractivity contribution < 1.29 is 23.6 Å². The molecule has 0 bridgehead atoms. The third kappa shape index (κ3) is 3.66. The summed E-state index contributed by atoms with van der Waals surface area (Å²) in [6.45, 7) is 1.59. The van der Waals surface area contributed by atoms with Gasteiger partial charge in [-0.1, -0.05) is 30.3 Å². The van der Waals surface area contributed by atoms with Gasteiger partial charge < -0.3 is 15.1 Å². The number of carbonyl (C=O) groups is 4. The quantitative estimate of drug-likeness (QED) is 0.653. The van der Waals surface area contributed by atoms with Crippen LogP contribution in [-0.4, -0.2) is 35.3 Å². The van der Waals surface area contributed by atoms with Crippen molar-refractivity contribution in [2.45, 2.75) is 18.9 Å². The third-order valence-corrected chi connectivity index (χ3v) is 4.16. The van der Waals surface area contributed by atoms with Gasteiger partial charge in [0, 0.05) is 13.0 Å². The minimum absolute atomic E-state index is 0.0188. The molecule has 5 amide bonds. The molecule has 0 radical (unpaired) electrons. The second-order valence-corrected chi connectivity index (χ2v) is 6.08. The smallest absolute Gasteiger partial charge is 0.344 e. The standard InChI is InChI=1S/C18H18N4O5/c1-18(12-6-3-2-4-7-12)16(25)22(17(26)20-18)21-14(23)9-10-19-15(24)13-8-5-11-27-13/h2-8,11H,9-10H2,1H3,(H,19,24)(H,20,26)(H,21,23)/t18-/m0/s1. The number of nitrogens with zero attached hydrogens (tertiary/aromatic N) is 1. The number of hydrogen-bond donors (Lipinski definition) is 3. The number of nitrogens with one attached hydrogen (secondary N) is 3. The van der Waals surface area contributed by atoms with Gasteiger partial charge in [-0.05, 0) is 24.6 Å². The van der Waals surface area contributed by atoms with Crippen molar-refractivity contribution in [2.75, 3.05) is 6.54 Å². The lowest BCUT2D eigenvalue weighted by molar-refractivity contribution is -0.138. The molecule has 0 saturated carbocycles. The van der Waals surface area contributed by atoms with Crippen LogP contribution >= 0.6 is 0 Å². The lowest BCUT2D eigenvalue weighted by Crippen LogP contribution is -2.48. The molecule has 2 aromatic rings. The molecule has 0 aliphatic carbocycles. The van der Waals surface area contributed by atoms with Crippen LogP contribution in [0.3, 0.4) is 0 Å². The number of hydrogen-bond acceptors (Lipinski definition) is 5. The van der Waals surface area contributed by atoms with Gasteiger partial charge in [0.2, 0.25) is 5.91 Å². The molecule has 9 heteroatoms. The molecular formula is C18H18N4O5. The van der Waals surface area contributed by atoms with E-state index in [1.807, 2.05) is 0 Å². The number of amides is 5. The minimum atomic E-state index is -1.26. The van der Waals surface area contributed by atoms with Crippen LogP contribution in [0.15, 0.2) is 53.1 Å². The molecule has 1 aliphatic rings. The highest BCUT2D eigenvalue weighted by molar-refractivity contribution is 6.08. The Morgan fingerprint density at radius 3 is 2.56 bits per heavy atom. The Kier molecular flexibility index (Phi) is 4.93. The van der Waals surface area contributed by atoms with Crippen LogP contribution in [0.5, 0.6) is 0 Å². The van der Waals surface area contributed by atoms with Crippen LogP contribution in [0.1, 0.15) is 29.5 Å². The monoisotopic (exact) mass is 370 g/mol. The van der Waals surface area contributed by atoms with E-state index in [1.165, 1.54) is 12.3 Å². The summed E-state index contributed by atoms with van der Waals surface area (Å²) in [5, 5.41) is 5.75. The van der Waals surface area contributed by atoms with Crippen LogP contribution < -0.4 is 16.1 Å². The van der Waals surface area contributed by atoms with Crippen LogP contribution in [0.25, 0.3) is 0 Å². The Bertz CT molecular complexity index is 865. The van der Waals surface area contributed by atoms with Gasteiger partial charge in [-0.15, -0.1) is 0 Å². The first-order valence-corrected chi connectivity index (χ1v) is 8.25. The fourth-order valence-electron chi connectivity index (χ4n) is 2.67. The maximum Gasteiger partial charge on any atom is 0.344 e. The van der Waals surface area contributed by atoms with Crippen LogP contribution in [-0.2, 0) is 15.1 Å². The summed E-state index contributed by atoms with van der Waals surface area (Å²) in [6.07, 6.45) is 1.24. The summed E-state index contributed by atoms with van der Waals surface area (Å²) < 4.78 is 4.94. The Hall–Kier alpha value is -3.62. The zero-order chi connectivity index (χ0) is 19.4. The zero-order valence-electron chi connectivity index (χ0n) is 14.5. The first-order valence-electron chi connectivity index (χ1n) is 8.25. The van der Waals surface area contributed by atoms with Gasteiger partial charge in [-0.25, -0.2) is 4.79 Å². The SMILES string of the molecule is C[C@@]1(c2ccccc2)NC(=O)N(NC(=O)CCNC(=O)c2ccco2)C1=O. The molecule has 1 aromatic heterocycles. The van der Waals surface area contributed by atoms with E-state index in [1.54, 1.807) is 43.3 Å². The van der Waals surface area contributed by atoms with Gasteiger partial charge >= 0.3 is 6.03 Å². The molecule has 1 aliphatic heterocycles. The Morgan fingerprint density at radius 2 is 1.89 bits per heavy atom. The Balaban J connectivity index is 1.55. The van der Waals surface area contributed by atoms with E-state index in [9.17, 15) is 19.2 Å². The number of rotatable bonds is 6. The van der Waals surface area contributed by atoms with Crippen molar-refractivity contribution in [3.63, 3.8) is 0 Å². The van der Waals surface area contributed by atoms with E-state index in [-0.39, 0.29) is 18.7 Å². The summed E-state index contributed by atoms with van der Waals surface area (Å²) >= 11 is 0. The normalized spacial score (nSPS) is 18.9. The van der Waals surface area contributed by atoms with E-state index in [4.69, 9.17) is 4.42 Å². The molecule has 3 N–H and O–H groups in total. The highest BCUT2D eigenvalue weighted by atomic mass is 16.3. The largest absolute Gasteiger partial charge is 0.459 e. The van der Waals surface area contributed by atoms with E-state index in [0.29, 0.717) is 10.6 Å². The molecule has 0 unspecified atom stereocenters. The number of urea groups is 1. The van der Waals surface area contributed by atoms with Crippen molar-refractivity contribution in [3.05, 3.63) is 60.1 Å². The molecule has 1 saturated heterocycles. The Morgan fingerprint density at radius 1 is 1.15 bits per heavy atom. The van der Waals surface area contributed by atoms with Crippen LogP contribution in [0, 0.1) is 0 Å². The number of carbonyl (C=O) groups excluding carboxylic acids is 4. The number of benzene rings is 1. The fraction of sp³-hybridized carbons (Fsp3) is 0.222. The highest BCUT2D eigenvalue weighted by Crippen LogP contribution is 2.27. The van der Waals surface area contributed by atoms with Crippen LogP contribution in [0.2, 0.25) is 0 Å². The zero-order valence-corrected chi connectivity index (χ0v) is 14.5. The fourth-order valence-corrected chi connectivity index (χ4v) is 2.67. The number of imide groups is 1. The van der Waals surface area contributed by atoms with E-state index in [0.717, 1.165) is 0 Å². The number of furan rings is 1. The number of hydrazine groups is 1. The van der Waals surface area contributed by atoms with Crippen molar-refractivity contribution in [3.8, 4) is 0 Å². The summed E-state index contributed by atoms with van der Waals surface area (Å²) in [5.41, 5.74) is 1.61. The van der Waals surface area contributed by atoms with Gasteiger partial charge in [-0.3, -0.25) is 19.8 Å². The van der Waals surface area contributed by atoms with E-state index < -0.39 is 29.3 Å². The second kappa shape index (κ2) is 7.32.